The average Bonchev–Trinajstić information content (AvgIpc) is 3.19. The maximum Gasteiger partial charge on any atom is 0.224 e. The molecule has 1 saturated carbocycles. The molecule has 2 N–H and O–H groups in total. The van der Waals surface area contributed by atoms with Crippen LogP contribution in [0.25, 0.3) is 0 Å². The van der Waals surface area contributed by atoms with Gasteiger partial charge in [0.15, 0.2) is 0 Å². The molecule has 1 heterocycles. The minimum Gasteiger partial charge on any atom is -0.349 e. The molecule has 114 valence electrons. The Labute approximate surface area is 127 Å². The summed E-state index contributed by atoms with van der Waals surface area (Å²) >= 11 is 0. The fourth-order valence-corrected chi connectivity index (χ4v) is 3.74. The first kappa shape index (κ1) is 14.6. The Bertz CT molecular complexity index is 491. The maximum absolute atomic E-state index is 12.6. The molecule has 0 bridgehead atoms. The van der Waals surface area contributed by atoms with E-state index in [4.69, 9.17) is 0 Å². The molecule has 0 radical (unpaired) electrons. The average molecular weight is 286 g/mol. The number of nitrogens with one attached hydrogen (secondary N) is 2. The summed E-state index contributed by atoms with van der Waals surface area (Å²) in [7, 11) is 0. The highest BCUT2D eigenvalue weighted by Crippen LogP contribution is 2.58. The molecule has 2 atom stereocenters. The summed E-state index contributed by atoms with van der Waals surface area (Å²) in [5, 5.41) is 6.70. The van der Waals surface area contributed by atoms with Gasteiger partial charge in [-0.25, -0.2) is 0 Å². The topological polar surface area (TPSA) is 41.1 Å². The zero-order valence-corrected chi connectivity index (χ0v) is 13.1. The van der Waals surface area contributed by atoms with E-state index in [1.807, 2.05) is 18.2 Å². The van der Waals surface area contributed by atoms with Crippen LogP contribution in [0, 0.1) is 17.3 Å². The molecule has 1 spiro atoms. The minimum atomic E-state index is 0.123. The van der Waals surface area contributed by atoms with Crippen molar-refractivity contribution in [1.29, 1.82) is 0 Å². The van der Waals surface area contributed by atoms with Gasteiger partial charge in [0.25, 0.3) is 0 Å². The van der Waals surface area contributed by atoms with Crippen LogP contribution in [0.3, 0.4) is 0 Å². The van der Waals surface area contributed by atoms with Crippen LogP contribution < -0.4 is 10.6 Å². The lowest BCUT2D eigenvalue weighted by Crippen LogP contribution is -2.36. The third kappa shape index (κ3) is 2.98. The lowest BCUT2D eigenvalue weighted by Gasteiger charge is -2.26. The molecule has 2 aliphatic rings. The molecule has 21 heavy (non-hydrogen) atoms. The second-order valence-corrected chi connectivity index (χ2v) is 7.01. The Kier molecular flexibility index (Phi) is 4.03. The van der Waals surface area contributed by atoms with E-state index in [1.165, 1.54) is 5.56 Å². The van der Waals surface area contributed by atoms with Crippen LogP contribution in [0.5, 0.6) is 0 Å². The summed E-state index contributed by atoms with van der Waals surface area (Å²) in [4.78, 5) is 12.6. The van der Waals surface area contributed by atoms with Crippen LogP contribution in [-0.4, -0.2) is 19.0 Å². The van der Waals surface area contributed by atoms with E-state index >= 15 is 0 Å². The summed E-state index contributed by atoms with van der Waals surface area (Å²) in [5.74, 6) is 0.906. The predicted molar refractivity (Wildman–Crippen MR) is 84.8 cm³/mol. The van der Waals surface area contributed by atoms with Gasteiger partial charge in [0.2, 0.25) is 5.91 Å². The molecule has 1 aromatic carbocycles. The number of hydrogen-bond acceptors (Lipinski definition) is 2. The summed E-state index contributed by atoms with van der Waals surface area (Å²) < 4.78 is 0. The number of carbonyl (C=O) groups is 1. The highest BCUT2D eigenvalue weighted by Gasteiger charge is 2.57. The Hall–Kier alpha value is -1.35. The Morgan fingerprint density at radius 3 is 2.52 bits per heavy atom. The van der Waals surface area contributed by atoms with Crippen LogP contribution in [0.2, 0.25) is 0 Å². The van der Waals surface area contributed by atoms with Gasteiger partial charge in [-0.05, 0) is 49.2 Å². The van der Waals surface area contributed by atoms with Crippen molar-refractivity contribution in [3.05, 3.63) is 35.9 Å². The van der Waals surface area contributed by atoms with E-state index in [2.05, 4.69) is 36.6 Å². The van der Waals surface area contributed by atoms with Gasteiger partial charge in [0.05, 0.1) is 6.04 Å². The third-order valence-electron chi connectivity index (χ3n) is 5.23. The van der Waals surface area contributed by atoms with Gasteiger partial charge in [-0.15, -0.1) is 0 Å². The molecule has 2 fully saturated rings. The predicted octanol–water partition coefficient (Wildman–Crippen LogP) is 2.89. The maximum atomic E-state index is 12.6. The van der Waals surface area contributed by atoms with Crippen molar-refractivity contribution in [2.45, 2.75) is 39.2 Å². The third-order valence-corrected chi connectivity index (χ3v) is 5.23. The second kappa shape index (κ2) is 5.80. The number of benzene rings is 1. The molecule has 3 heteroatoms. The highest BCUT2D eigenvalue weighted by molar-refractivity contribution is 5.83. The van der Waals surface area contributed by atoms with Crippen LogP contribution in [0.4, 0.5) is 0 Å². The fourth-order valence-electron chi connectivity index (χ4n) is 3.74. The van der Waals surface area contributed by atoms with Crippen LogP contribution >= 0.6 is 0 Å². The Morgan fingerprint density at radius 2 is 1.90 bits per heavy atom. The van der Waals surface area contributed by atoms with Crippen molar-refractivity contribution >= 4 is 5.91 Å². The summed E-state index contributed by atoms with van der Waals surface area (Å²) in [5.41, 5.74) is 1.52. The van der Waals surface area contributed by atoms with E-state index in [9.17, 15) is 4.79 Å². The van der Waals surface area contributed by atoms with E-state index in [-0.39, 0.29) is 17.9 Å². The molecular formula is C18H26N2O. The molecule has 1 aliphatic carbocycles. The smallest absolute Gasteiger partial charge is 0.224 e. The summed E-state index contributed by atoms with van der Waals surface area (Å²) in [6.07, 6.45) is 3.39. The summed E-state index contributed by atoms with van der Waals surface area (Å²) in [6.45, 7) is 6.47. The molecule has 2 unspecified atom stereocenters. The normalized spacial score (nSPS) is 24.8. The molecule has 1 aromatic rings. The first-order valence-electron chi connectivity index (χ1n) is 8.18. The van der Waals surface area contributed by atoms with Gasteiger partial charge in [0, 0.05) is 5.92 Å². The van der Waals surface area contributed by atoms with Crippen molar-refractivity contribution in [3.8, 4) is 0 Å². The second-order valence-electron chi connectivity index (χ2n) is 7.01. The van der Waals surface area contributed by atoms with Crippen LogP contribution in [0.15, 0.2) is 30.3 Å². The van der Waals surface area contributed by atoms with Gasteiger partial charge in [-0.2, -0.15) is 0 Å². The molecule has 1 saturated heterocycles. The lowest BCUT2D eigenvalue weighted by molar-refractivity contribution is -0.124. The zero-order valence-electron chi connectivity index (χ0n) is 13.1. The lowest BCUT2D eigenvalue weighted by atomic mass is 9.91. The monoisotopic (exact) mass is 286 g/mol. The Morgan fingerprint density at radius 1 is 1.24 bits per heavy atom. The zero-order chi connectivity index (χ0) is 14.9. The van der Waals surface area contributed by atoms with E-state index in [0.717, 1.165) is 32.4 Å². The van der Waals surface area contributed by atoms with Gasteiger partial charge < -0.3 is 10.6 Å². The van der Waals surface area contributed by atoms with Crippen molar-refractivity contribution in [2.24, 2.45) is 17.3 Å². The number of hydrogen-bond donors (Lipinski definition) is 2. The fraction of sp³-hybridized carbons (Fsp3) is 0.611. The molecule has 1 amide bonds. The largest absolute Gasteiger partial charge is 0.349 e. The van der Waals surface area contributed by atoms with Crippen molar-refractivity contribution < 1.29 is 4.79 Å². The van der Waals surface area contributed by atoms with Crippen molar-refractivity contribution in [3.63, 3.8) is 0 Å². The highest BCUT2D eigenvalue weighted by atomic mass is 16.2. The van der Waals surface area contributed by atoms with Crippen molar-refractivity contribution in [2.75, 3.05) is 13.1 Å². The van der Waals surface area contributed by atoms with E-state index < -0.39 is 0 Å². The van der Waals surface area contributed by atoms with Gasteiger partial charge in [-0.3, -0.25) is 4.79 Å². The first-order valence-corrected chi connectivity index (χ1v) is 8.18. The molecule has 0 aromatic heterocycles. The first-order chi connectivity index (χ1) is 10.1. The van der Waals surface area contributed by atoms with E-state index in [0.29, 0.717) is 11.3 Å². The molecule has 3 rings (SSSR count). The number of carbonyl (C=O) groups excluding carboxylic acids is 1. The number of piperidine rings is 1. The number of amides is 1. The molecule has 1 aliphatic heterocycles. The quantitative estimate of drug-likeness (QED) is 0.893. The van der Waals surface area contributed by atoms with Gasteiger partial charge in [-0.1, -0.05) is 44.2 Å². The van der Waals surface area contributed by atoms with Crippen LogP contribution in [0.1, 0.15) is 44.7 Å². The minimum absolute atomic E-state index is 0.123. The van der Waals surface area contributed by atoms with Gasteiger partial charge >= 0.3 is 0 Å². The standard InChI is InChI=1S/C18H26N2O/c1-13(2)16(14-6-4-3-5-7-14)20-17(21)15-12-18(15)8-10-19-11-9-18/h3-7,13,15-16,19H,8-12H2,1-2H3,(H,20,21). The van der Waals surface area contributed by atoms with Gasteiger partial charge in [0.1, 0.15) is 0 Å². The van der Waals surface area contributed by atoms with Crippen molar-refractivity contribution in [1.82, 2.24) is 10.6 Å². The molecular weight excluding hydrogens is 260 g/mol. The SMILES string of the molecule is CC(C)C(NC(=O)C1CC12CCNCC2)c1ccccc1. The number of rotatable bonds is 4. The summed E-state index contributed by atoms with van der Waals surface area (Å²) in [6, 6.07) is 10.5. The van der Waals surface area contributed by atoms with Crippen LogP contribution in [-0.2, 0) is 4.79 Å². The molecule has 3 nitrogen and oxygen atoms in total. The van der Waals surface area contributed by atoms with E-state index in [1.54, 1.807) is 0 Å². The Balaban J connectivity index is 1.66.